The largest absolute Gasteiger partial charge is 0.490 e. The maximum atomic E-state index is 13.4. The fourth-order valence-corrected chi connectivity index (χ4v) is 6.33. The standard InChI is InChI=1S/C36H36Cl2N2O4S/c37-28-13-9-11-25(21-28)30-23-27(24-31(34(30)43-19-18-41)26-12-10-14-29(38)22-26)35(42)39-17-7-3-1-2-4-8-20-45-36-40-32-15-5-6-16-33(32)44-36/h5-6,9-16,21-24,41H,1-4,7-8,17-20H2,(H,39,42). The fourth-order valence-electron chi connectivity index (χ4n) is 5.11. The van der Waals surface area contributed by atoms with Crippen molar-refractivity contribution in [1.29, 1.82) is 0 Å². The number of carbonyl (C=O) groups is 1. The number of fused-ring (bicyclic) bond motifs is 1. The van der Waals surface area contributed by atoms with E-state index in [1.54, 1.807) is 23.9 Å². The highest BCUT2D eigenvalue weighted by Crippen LogP contribution is 2.41. The minimum absolute atomic E-state index is 0.101. The number of ether oxygens (including phenoxy) is 1. The van der Waals surface area contributed by atoms with Crippen LogP contribution in [0.2, 0.25) is 10.0 Å². The van der Waals surface area contributed by atoms with Crippen LogP contribution in [0.25, 0.3) is 33.4 Å². The van der Waals surface area contributed by atoms with Gasteiger partial charge in [-0.2, -0.15) is 0 Å². The number of aliphatic hydroxyl groups is 1. The molecule has 4 aromatic carbocycles. The van der Waals surface area contributed by atoms with E-state index in [1.165, 1.54) is 0 Å². The Labute approximate surface area is 278 Å². The van der Waals surface area contributed by atoms with Crippen molar-refractivity contribution >= 4 is 52.0 Å². The van der Waals surface area contributed by atoms with E-state index in [4.69, 9.17) is 32.4 Å². The van der Waals surface area contributed by atoms with Crippen molar-refractivity contribution < 1.29 is 19.1 Å². The summed E-state index contributed by atoms with van der Waals surface area (Å²) in [6.45, 7) is 0.545. The predicted octanol–water partition coefficient (Wildman–Crippen LogP) is 9.70. The number of benzene rings is 4. The maximum absolute atomic E-state index is 13.4. The van der Waals surface area contributed by atoms with Gasteiger partial charge in [-0.3, -0.25) is 4.79 Å². The number of aliphatic hydroxyl groups excluding tert-OH is 1. The first kappa shape index (κ1) is 32.9. The molecule has 0 atom stereocenters. The van der Waals surface area contributed by atoms with Gasteiger partial charge in [0, 0.05) is 39.0 Å². The molecule has 5 rings (SSSR count). The minimum Gasteiger partial charge on any atom is -0.490 e. The molecule has 9 heteroatoms. The first-order valence-electron chi connectivity index (χ1n) is 15.2. The summed E-state index contributed by atoms with van der Waals surface area (Å²) in [7, 11) is 0. The summed E-state index contributed by atoms with van der Waals surface area (Å²) >= 11 is 14.3. The number of carbonyl (C=O) groups excluding carboxylic acids is 1. The van der Waals surface area contributed by atoms with Crippen molar-refractivity contribution in [1.82, 2.24) is 10.3 Å². The average molecular weight is 664 g/mol. The second-order valence-electron chi connectivity index (χ2n) is 10.7. The van der Waals surface area contributed by atoms with E-state index in [0.717, 1.165) is 71.7 Å². The summed E-state index contributed by atoms with van der Waals surface area (Å²) in [5.74, 6) is 1.38. The number of oxazole rings is 1. The van der Waals surface area contributed by atoms with E-state index < -0.39 is 0 Å². The van der Waals surface area contributed by atoms with Gasteiger partial charge < -0.3 is 19.6 Å². The van der Waals surface area contributed by atoms with Crippen molar-refractivity contribution in [3.8, 4) is 28.0 Å². The van der Waals surface area contributed by atoms with Crippen molar-refractivity contribution in [3.63, 3.8) is 0 Å². The molecule has 1 heterocycles. The van der Waals surface area contributed by atoms with Crippen LogP contribution in [0.3, 0.4) is 0 Å². The SMILES string of the molecule is O=C(NCCCCCCCCSc1nc2ccccc2o1)c1cc(-c2cccc(Cl)c2)c(OCCO)c(-c2cccc(Cl)c2)c1. The molecule has 6 nitrogen and oxygen atoms in total. The number of aromatic nitrogens is 1. The fraction of sp³-hybridized carbons (Fsp3) is 0.278. The summed E-state index contributed by atoms with van der Waals surface area (Å²) in [5.41, 5.74) is 5.28. The lowest BCUT2D eigenvalue weighted by Gasteiger charge is -2.19. The highest BCUT2D eigenvalue weighted by Gasteiger charge is 2.19. The van der Waals surface area contributed by atoms with Gasteiger partial charge in [0.25, 0.3) is 11.1 Å². The van der Waals surface area contributed by atoms with Crippen LogP contribution in [0.5, 0.6) is 5.75 Å². The van der Waals surface area contributed by atoms with E-state index >= 15 is 0 Å². The number of amides is 1. The zero-order valence-corrected chi connectivity index (χ0v) is 27.3. The molecule has 5 aromatic rings. The Balaban J connectivity index is 1.15. The van der Waals surface area contributed by atoms with Crippen molar-refractivity contribution in [2.45, 2.75) is 43.7 Å². The van der Waals surface area contributed by atoms with Gasteiger partial charge in [-0.15, -0.1) is 0 Å². The lowest BCUT2D eigenvalue weighted by atomic mass is 9.94. The Morgan fingerprint density at radius 1 is 0.822 bits per heavy atom. The Morgan fingerprint density at radius 3 is 2.11 bits per heavy atom. The molecule has 0 fully saturated rings. The molecule has 0 bridgehead atoms. The number of hydrogen-bond donors (Lipinski definition) is 2. The Kier molecular flexibility index (Phi) is 12.2. The molecule has 0 radical (unpaired) electrons. The maximum Gasteiger partial charge on any atom is 0.256 e. The summed E-state index contributed by atoms with van der Waals surface area (Å²) in [6.07, 6.45) is 6.50. The van der Waals surface area contributed by atoms with Gasteiger partial charge in [-0.1, -0.05) is 97.0 Å². The molecule has 0 saturated heterocycles. The van der Waals surface area contributed by atoms with Gasteiger partial charge in [0.05, 0.1) is 6.61 Å². The minimum atomic E-state index is -0.161. The number of rotatable bonds is 16. The third-order valence-corrected chi connectivity index (χ3v) is 8.70. The predicted molar refractivity (Wildman–Crippen MR) is 185 cm³/mol. The number of thioether (sulfide) groups is 1. The van der Waals surface area contributed by atoms with E-state index in [2.05, 4.69) is 10.3 Å². The molecule has 1 amide bonds. The molecule has 234 valence electrons. The molecule has 45 heavy (non-hydrogen) atoms. The Hall–Kier alpha value is -3.49. The van der Waals surface area contributed by atoms with Crippen LogP contribution in [-0.4, -0.2) is 41.5 Å². The number of nitrogens with zero attached hydrogens (tertiary/aromatic N) is 1. The molecular formula is C36H36Cl2N2O4S. The third-order valence-electron chi connectivity index (χ3n) is 7.32. The van der Waals surface area contributed by atoms with E-state index in [-0.39, 0.29) is 19.1 Å². The van der Waals surface area contributed by atoms with Crippen molar-refractivity contribution in [2.75, 3.05) is 25.5 Å². The molecule has 0 spiro atoms. The molecule has 1 aromatic heterocycles. The van der Waals surface area contributed by atoms with Gasteiger partial charge in [0.15, 0.2) is 5.58 Å². The number of unbranched alkanes of at least 4 members (excludes halogenated alkanes) is 5. The van der Waals surface area contributed by atoms with Gasteiger partial charge in [-0.05, 0) is 72.5 Å². The lowest BCUT2D eigenvalue weighted by molar-refractivity contribution is 0.0953. The Bertz CT molecular complexity index is 1630. The van der Waals surface area contributed by atoms with Crippen LogP contribution in [0, 0.1) is 0 Å². The van der Waals surface area contributed by atoms with Crippen LogP contribution in [0.1, 0.15) is 48.9 Å². The lowest BCUT2D eigenvalue weighted by Crippen LogP contribution is -2.24. The average Bonchev–Trinajstić information content (AvgIpc) is 3.47. The van der Waals surface area contributed by atoms with Gasteiger partial charge in [-0.25, -0.2) is 4.98 Å². The molecule has 0 aliphatic heterocycles. The highest BCUT2D eigenvalue weighted by atomic mass is 35.5. The van der Waals surface area contributed by atoms with Crippen LogP contribution in [0.4, 0.5) is 0 Å². The van der Waals surface area contributed by atoms with E-state index in [1.807, 2.05) is 72.8 Å². The van der Waals surface area contributed by atoms with Crippen LogP contribution in [0.15, 0.2) is 94.6 Å². The molecular weight excluding hydrogens is 627 g/mol. The third kappa shape index (κ3) is 9.27. The highest BCUT2D eigenvalue weighted by molar-refractivity contribution is 7.99. The van der Waals surface area contributed by atoms with Crippen molar-refractivity contribution in [3.05, 3.63) is 101 Å². The summed E-state index contributed by atoms with van der Waals surface area (Å²) in [5, 5.41) is 14.5. The van der Waals surface area contributed by atoms with Gasteiger partial charge in [0.1, 0.15) is 17.9 Å². The molecule has 0 aliphatic carbocycles. The summed E-state index contributed by atoms with van der Waals surface area (Å²) in [6, 6.07) is 26.3. The smallest absolute Gasteiger partial charge is 0.256 e. The zero-order chi connectivity index (χ0) is 31.4. The molecule has 2 N–H and O–H groups in total. The topological polar surface area (TPSA) is 84.6 Å². The van der Waals surface area contributed by atoms with E-state index in [9.17, 15) is 9.90 Å². The van der Waals surface area contributed by atoms with Crippen molar-refractivity contribution in [2.24, 2.45) is 0 Å². The zero-order valence-electron chi connectivity index (χ0n) is 24.9. The first-order valence-corrected chi connectivity index (χ1v) is 17.0. The second kappa shape index (κ2) is 16.7. The number of nitrogens with one attached hydrogen (secondary N) is 1. The van der Waals surface area contributed by atoms with Gasteiger partial charge >= 0.3 is 0 Å². The molecule has 0 saturated carbocycles. The number of hydrogen-bond acceptors (Lipinski definition) is 6. The van der Waals surface area contributed by atoms with Crippen LogP contribution < -0.4 is 10.1 Å². The quantitative estimate of drug-likeness (QED) is 0.0808. The Morgan fingerprint density at radius 2 is 1.47 bits per heavy atom. The summed E-state index contributed by atoms with van der Waals surface area (Å²) < 4.78 is 11.8. The normalized spacial score (nSPS) is 11.2. The first-order chi connectivity index (χ1) is 22.0. The van der Waals surface area contributed by atoms with Gasteiger partial charge in [0.2, 0.25) is 0 Å². The number of halogens is 2. The molecule has 0 aliphatic rings. The van der Waals surface area contributed by atoms with E-state index in [0.29, 0.717) is 39.0 Å². The molecule has 0 unspecified atom stereocenters. The number of para-hydroxylation sites is 2. The van der Waals surface area contributed by atoms with Crippen LogP contribution >= 0.6 is 35.0 Å². The summed E-state index contributed by atoms with van der Waals surface area (Å²) in [4.78, 5) is 17.9. The van der Waals surface area contributed by atoms with Crippen LogP contribution in [-0.2, 0) is 0 Å². The monoisotopic (exact) mass is 662 g/mol. The second-order valence-corrected chi connectivity index (χ2v) is 12.6.